The third-order valence-electron chi connectivity index (χ3n) is 3.09. The van der Waals surface area contributed by atoms with Crippen LogP contribution in [-0.4, -0.2) is 22.5 Å². The quantitative estimate of drug-likeness (QED) is 0.859. The van der Waals surface area contributed by atoms with E-state index in [1.165, 1.54) is 6.26 Å². The summed E-state index contributed by atoms with van der Waals surface area (Å²) in [6, 6.07) is 3.38. The molecule has 5 nitrogen and oxygen atoms in total. The van der Waals surface area contributed by atoms with Gasteiger partial charge in [-0.2, -0.15) is 0 Å². The number of aromatic nitrogens is 1. The SMILES string of the molecule is CC(C)c1nc(CC(=O)NCC(C)(O)c2ccco2)cs1. The summed E-state index contributed by atoms with van der Waals surface area (Å²) >= 11 is 1.57. The Morgan fingerprint density at radius 2 is 2.33 bits per heavy atom. The topological polar surface area (TPSA) is 75.4 Å². The van der Waals surface area contributed by atoms with E-state index in [0.717, 1.165) is 10.7 Å². The summed E-state index contributed by atoms with van der Waals surface area (Å²) in [6.45, 7) is 5.85. The number of thiazole rings is 1. The highest BCUT2D eigenvalue weighted by Gasteiger charge is 2.26. The van der Waals surface area contributed by atoms with E-state index in [9.17, 15) is 9.90 Å². The standard InChI is InChI=1S/C15H20N2O3S/c1-10(2)14-17-11(8-21-14)7-13(18)16-9-15(3,19)12-5-4-6-20-12/h4-6,8,10,19H,7,9H2,1-3H3,(H,16,18). The second-order valence-electron chi connectivity index (χ2n) is 5.54. The first-order valence-electron chi connectivity index (χ1n) is 6.86. The van der Waals surface area contributed by atoms with E-state index in [1.54, 1.807) is 30.4 Å². The third-order valence-corrected chi connectivity index (χ3v) is 4.28. The van der Waals surface area contributed by atoms with Gasteiger partial charge < -0.3 is 14.8 Å². The first kappa shape index (κ1) is 15.7. The van der Waals surface area contributed by atoms with Gasteiger partial charge in [-0.1, -0.05) is 13.8 Å². The van der Waals surface area contributed by atoms with E-state index in [1.807, 2.05) is 5.38 Å². The normalized spacial score (nSPS) is 14.1. The fourth-order valence-electron chi connectivity index (χ4n) is 1.84. The molecule has 0 spiro atoms. The van der Waals surface area contributed by atoms with Gasteiger partial charge in [0.1, 0.15) is 11.4 Å². The molecule has 21 heavy (non-hydrogen) atoms. The van der Waals surface area contributed by atoms with Crippen molar-refractivity contribution in [3.63, 3.8) is 0 Å². The van der Waals surface area contributed by atoms with Gasteiger partial charge in [-0.25, -0.2) is 4.98 Å². The lowest BCUT2D eigenvalue weighted by atomic mass is 10.0. The smallest absolute Gasteiger partial charge is 0.226 e. The van der Waals surface area contributed by atoms with Crippen molar-refractivity contribution in [3.05, 3.63) is 40.2 Å². The Balaban J connectivity index is 1.87. The number of hydrogen-bond acceptors (Lipinski definition) is 5. The minimum atomic E-state index is -1.22. The Labute approximate surface area is 128 Å². The van der Waals surface area contributed by atoms with Crippen LogP contribution in [0.4, 0.5) is 0 Å². The Hall–Kier alpha value is -1.66. The summed E-state index contributed by atoms with van der Waals surface area (Å²) in [5.41, 5.74) is -0.455. The van der Waals surface area contributed by atoms with Crippen molar-refractivity contribution in [1.82, 2.24) is 10.3 Å². The molecule has 0 aromatic carbocycles. The van der Waals surface area contributed by atoms with Crippen LogP contribution < -0.4 is 5.32 Å². The Morgan fingerprint density at radius 3 is 2.90 bits per heavy atom. The maximum absolute atomic E-state index is 11.9. The highest BCUT2D eigenvalue weighted by Crippen LogP contribution is 2.21. The van der Waals surface area contributed by atoms with Crippen LogP contribution in [0.1, 0.15) is 43.2 Å². The minimum Gasteiger partial charge on any atom is -0.466 e. The van der Waals surface area contributed by atoms with Gasteiger partial charge in [0.2, 0.25) is 5.91 Å². The van der Waals surface area contributed by atoms with Crippen molar-refractivity contribution in [2.75, 3.05) is 6.54 Å². The summed E-state index contributed by atoms with van der Waals surface area (Å²) in [5, 5.41) is 15.9. The zero-order valence-corrected chi connectivity index (χ0v) is 13.2. The fourth-order valence-corrected chi connectivity index (χ4v) is 2.67. The second kappa shape index (κ2) is 6.41. The van der Waals surface area contributed by atoms with Gasteiger partial charge in [0.05, 0.1) is 29.9 Å². The third kappa shape index (κ3) is 4.15. The van der Waals surface area contributed by atoms with Gasteiger partial charge >= 0.3 is 0 Å². The van der Waals surface area contributed by atoms with Crippen molar-refractivity contribution in [2.45, 2.75) is 38.7 Å². The molecular weight excluding hydrogens is 288 g/mol. The molecule has 0 fully saturated rings. The monoisotopic (exact) mass is 308 g/mol. The Morgan fingerprint density at radius 1 is 1.57 bits per heavy atom. The number of rotatable bonds is 6. The summed E-state index contributed by atoms with van der Waals surface area (Å²) in [7, 11) is 0. The van der Waals surface area contributed by atoms with Gasteiger partial charge in [-0.3, -0.25) is 4.79 Å². The highest BCUT2D eigenvalue weighted by molar-refractivity contribution is 7.09. The van der Waals surface area contributed by atoms with Crippen LogP contribution in [0.5, 0.6) is 0 Å². The van der Waals surface area contributed by atoms with E-state index < -0.39 is 5.60 Å². The minimum absolute atomic E-state index is 0.0977. The molecule has 0 saturated carbocycles. The summed E-state index contributed by atoms with van der Waals surface area (Å²) < 4.78 is 5.17. The van der Waals surface area contributed by atoms with Gasteiger partial charge in [-0.15, -0.1) is 11.3 Å². The Bertz CT molecular complexity index is 588. The number of amides is 1. The van der Waals surface area contributed by atoms with Crippen molar-refractivity contribution in [3.8, 4) is 0 Å². The van der Waals surface area contributed by atoms with E-state index in [0.29, 0.717) is 11.7 Å². The summed E-state index contributed by atoms with van der Waals surface area (Å²) in [6.07, 6.45) is 1.71. The number of furan rings is 1. The van der Waals surface area contributed by atoms with Crippen molar-refractivity contribution < 1.29 is 14.3 Å². The number of nitrogens with zero attached hydrogens (tertiary/aromatic N) is 1. The van der Waals surface area contributed by atoms with Crippen LogP contribution in [0.15, 0.2) is 28.2 Å². The lowest BCUT2D eigenvalue weighted by Gasteiger charge is -2.20. The molecular formula is C15H20N2O3S. The number of carbonyl (C=O) groups is 1. The molecule has 0 bridgehead atoms. The van der Waals surface area contributed by atoms with Crippen LogP contribution in [0.25, 0.3) is 0 Å². The number of hydrogen-bond donors (Lipinski definition) is 2. The first-order chi connectivity index (χ1) is 9.88. The molecule has 1 amide bonds. The molecule has 1 atom stereocenters. The maximum Gasteiger partial charge on any atom is 0.226 e. The predicted molar refractivity (Wildman–Crippen MR) is 81.2 cm³/mol. The highest BCUT2D eigenvalue weighted by atomic mass is 32.1. The van der Waals surface area contributed by atoms with Crippen molar-refractivity contribution in [2.24, 2.45) is 0 Å². The maximum atomic E-state index is 11.9. The number of nitrogens with one attached hydrogen (secondary N) is 1. The summed E-state index contributed by atoms with van der Waals surface area (Å²) in [4.78, 5) is 16.3. The molecule has 2 heterocycles. The molecule has 2 aromatic rings. The lowest BCUT2D eigenvalue weighted by molar-refractivity contribution is -0.121. The van der Waals surface area contributed by atoms with E-state index in [-0.39, 0.29) is 18.9 Å². The van der Waals surface area contributed by atoms with Gasteiger partial charge in [-0.05, 0) is 19.1 Å². The summed E-state index contributed by atoms with van der Waals surface area (Å²) in [5.74, 6) is 0.632. The van der Waals surface area contributed by atoms with E-state index in [4.69, 9.17) is 4.42 Å². The predicted octanol–water partition coefficient (Wildman–Crippen LogP) is 2.43. The van der Waals surface area contributed by atoms with E-state index in [2.05, 4.69) is 24.1 Å². The lowest BCUT2D eigenvalue weighted by Crippen LogP contribution is -2.39. The van der Waals surface area contributed by atoms with Crippen molar-refractivity contribution >= 4 is 17.2 Å². The van der Waals surface area contributed by atoms with Crippen LogP contribution in [0, 0.1) is 0 Å². The molecule has 0 aliphatic rings. The molecule has 2 rings (SSSR count). The Kier molecular flexibility index (Phi) is 4.80. The molecule has 114 valence electrons. The van der Waals surface area contributed by atoms with Crippen LogP contribution in [0.3, 0.4) is 0 Å². The van der Waals surface area contributed by atoms with Crippen LogP contribution in [-0.2, 0) is 16.8 Å². The van der Waals surface area contributed by atoms with E-state index >= 15 is 0 Å². The zero-order valence-electron chi connectivity index (χ0n) is 12.4. The molecule has 2 N–H and O–H groups in total. The first-order valence-corrected chi connectivity index (χ1v) is 7.74. The van der Waals surface area contributed by atoms with Gasteiger partial charge in [0.25, 0.3) is 0 Å². The van der Waals surface area contributed by atoms with Crippen LogP contribution in [0.2, 0.25) is 0 Å². The van der Waals surface area contributed by atoms with Gasteiger partial charge in [0.15, 0.2) is 0 Å². The number of carbonyl (C=O) groups excluding carboxylic acids is 1. The average Bonchev–Trinajstić information content (AvgIpc) is 3.07. The van der Waals surface area contributed by atoms with Gasteiger partial charge in [0, 0.05) is 11.3 Å². The molecule has 0 aliphatic carbocycles. The molecule has 2 aromatic heterocycles. The molecule has 6 heteroatoms. The zero-order chi connectivity index (χ0) is 15.5. The average molecular weight is 308 g/mol. The number of aliphatic hydroxyl groups is 1. The molecule has 0 saturated heterocycles. The van der Waals surface area contributed by atoms with Crippen molar-refractivity contribution in [1.29, 1.82) is 0 Å². The largest absolute Gasteiger partial charge is 0.466 e. The molecule has 1 unspecified atom stereocenters. The molecule has 0 radical (unpaired) electrons. The second-order valence-corrected chi connectivity index (χ2v) is 6.43. The molecule has 0 aliphatic heterocycles. The fraction of sp³-hybridized carbons (Fsp3) is 0.467. The van der Waals surface area contributed by atoms with Crippen LogP contribution >= 0.6 is 11.3 Å².